The van der Waals surface area contributed by atoms with Crippen molar-refractivity contribution in [1.29, 1.82) is 0 Å². The molecule has 0 saturated heterocycles. The van der Waals surface area contributed by atoms with Crippen molar-refractivity contribution in [3.63, 3.8) is 0 Å². The van der Waals surface area contributed by atoms with Crippen LogP contribution in [0.2, 0.25) is 0 Å². The minimum Gasteiger partial charge on any atom is -0.435 e. The van der Waals surface area contributed by atoms with Crippen molar-refractivity contribution in [2.45, 2.75) is 13.2 Å². The average molecular weight is 317 g/mol. The van der Waals surface area contributed by atoms with E-state index in [9.17, 15) is 13.6 Å². The number of fused-ring (bicyclic) bond motifs is 1. The molecular weight excluding hydrogens is 304 g/mol. The highest BCUT2D eigenvalue weighted by Crippen LogP contribution is 2.16. The van der Waals surface area contributed by atoms with Crippen LogP contribution in [0.15, 0.2) is 48.5 Å². The number of carbonyl (C=O) groups excluding carboxylic acids is 1. The van der Waals surface area contributed by atoms with Crippen molar-refractivity contribution >= 4 is 16.8 Å². The number of ether oxygens (including phenoxy) is 1. The lowest BCUT2D eigenvalue weighted by atomic mass is 10.2. The number of benzene rings is 2. The molecule has 118 valence electrons. The summed E-state index contributed by atoms with van der Waals surface area (Å²) in [5.74, 6) is -0.233. The average Bonchev–Trinajstić information content (AvgIpc) is 2.97. The molecule has 1 aromatic heterocycles. The van der Waals surface area contributed by atoms with E-state index in [4.69, 9.17) is 0 Å². The molecular formula is C16H13F2N3O2. The van der Waals surface area contributed by atoms with E-state index in [1.54, 1.807) is 12.1 Å². The summed E-state index contributed by atoms with van der Waals surface area (Å²) in [5, 5.41) is 10.3. The summed E-state index contributed by atoms with van der Waals surface area (Å²) in [7, 11) is 0. The van der Waals surface area contributed by atoms with Gasteiger partial charge in [0.2, 0.25) is 0 Å². The number of nitrogens with zero attached hydrogens (tertiary/aromatic N) is 1. The number of hydrogen-bond donors (Lipinski definition) is 2. The Morgan fingerprint density at radius 2 is 1.91 bits per heavy atom. The van der Waals surface area contributed by atoms with Crippen LogP contribution in [0.5, 0.6) is 5.75 Å². The van der Waals surface area contributed by atoms with Gasteiger partial charge in [0.1, 0.15) is 5.75 Å². The molecule has 0 aliphatic heterocycles. The fraction of sp³-hybridized carbons (Fsp3) is 0.125. The number of aromatic amines is 1. The molecule has 23 heavy (non-hydrogen) atoms. The highest BCUT2D eigenvalue weighted by molar-refractivity contribution is 6.04. The number of hydrogen-bond acceptors (Lipinski definition) is 3. The standard InChI is InChI=1S/C16H13F2N3O2/c17-16(18)23-11-7-5-10(6-8-11)9-19-15(22)14-12-3-1-2-4-13(12)20-21-14/h1-8,16H,9H2,(H,19,22)(H,20,21). The number of halogens is 2. The van der Waals surface area contributed by atoms with Crippen LogP contribution < -0.4 is 10.1 Å². The largest absolute Gasteiger partial charge is 0.435 e. The van der Waals surface area contributed by atoms with Gasteiger partial charge in [-0.3, -0.25) is 9.89 Å². The van der Waals surface area contributed by atoms with Crippen molar-refractivity contribution < 1.29 is 18.3 Å². The molecule has 0 unspecified atom stereocenters. The first-order chi connectivity index (χ1) is 11.1. The normalized spacial score (nSPS) is 10.9. The number of alkyl halides is 2. The molecule has 0 radical (unpaired) electrons. The molecule has 0 saturated carbocycles. The Labute approximate surface area is 130 Å². The van der Waals surface area contributed by atoms with Crippen LogP contribution in [-0.4, -0.2) is 22.7 Å². The van der Waals surface area contributed by atoms with E-state index in [1.165, 1.54) is 12.1 Å². The lowest BCUT2D eigenvalue weighted by Gasteiger charge is -2.06. The molecule has 2 N–H and O–H groups in total. The van der Waals surface area contributed by atoms with Crippen LogP contribution in [0, 0.1) is 0 Å². The first kappa shape index (κ1) is 15.0. The minimum atomic E-state index is -2.85. The van der Waals surface area contributed by atoms with Crippen LogP contribution in [0.25, 0.3) is 10.9 Å². The molecule has 0 aliphatic carbocycles. The Bertz CT molecular complexity index is 816. The van der Waals surface area contributed by atoms with Gasteiger partial charge in [-0.25, -0.2) is 0 Å². The third kappa shape index (κ3) is 3.45. The van der Waals surface area contributed by atoms with E-state index >= 15 is 0 Å². The number of rotatable bonds is 5. The van der Waals surface area contributed by atoms with Gasteiger partial charge in [0.25, 0.3) is 5.91 Å². The molecule has 1 heterocycles. The lowest BCUT2D eigenvalue weighted by Crippen LogP contribution is -2.23. The van der Waals surface area contributed by atoms with Crippen LogP contribution in [-0.2, 0) is 6.54 Å². The van der Waals surface area contributed by atoms with Crippen molar-refractivity contribution in [1.82, 2.24) is 15.5 Å². The summed E-state index contributed by atoms with van der Waals surface area (Å²) >= 11 is 0. The summed E-state index contributed by atoms with van der Waals surface area (Å²) in [6, 6.07) is 13.4. The maximum Gasteiger partial charge on any atom is 0.387 e. The van der Waals surface area contributed by atoms with Crippen molar-refractivity contribution in [3.05, 3.63) is 59.8 Å². The van der Waals surface area contributed by atoms with Crippen LogP contribution in [0.3, 0.4) is 0 Å². The van der Waals surface area contributed by atoms with Gasteiger partial charge in [-0.2, -0.15) is 13.9 Å². The van der Waals surface area contributed by atoms with Gasteiger partial charge in [0, 0.05) is 11.9 Å². The summed E-state index contributed by atoms with van der Waals surface area (Å²) in [6.45, 7) is -2.59. The Morgan fingerprint density at radius 1 is 1.17 bits per heavy atom. The fourth-order valence-electron chi connectivity index (χ4n) is 2.19. The molecule has 0 atom stereocenters. The summed E-state index contributed by atoms with van der Waals surface area (Å²) in [5.41, 5.74) is 1.87. The summed E-state index contributed by atoms with van der Waals surface area (Å²) in [6.07, 6.45) is 0. The lowest BCUT2D eigenvalue weighted by molar-refractivity contribution is -0.0498. The summed E-state index contributed by atoms with van der Waals surface area (Å²) in [4.78, 5) is 12.2. The van der Waals surface area contributed by atoms with Crippen LogP contribution >= 0.6 is 0 Å². The Hall–Kier alpha value is -2.96. The second-order valence-electron chi connectivity index (χ2n) is 4.82. The number of amides is 1. The second-order valence-corrected chi connectivity index (χ2v) is 4.82. The van der Waals surface area contributed by atoms with Gasteiger partial charge in [0.15, 0.2) is 5.69 Å². The van der Waals surface area contributed by atoms with E-state index < -0.39 is 6.61 Å². The Kier molecular flexibility index (Phi) is 4.18. The number of aromatic nitrogens is 2. The topological polar surface area (TPSA) is 67.0 Å². The predicted octanol–water partition coefficient (Wildman–Crippen LogP) is 3.09. The minimum absolute atomic E-state index is 0.0772. The van der Waals surface area contributed by atoms with Gasteiger partial charge < -0.3 is 10.1 Å². The van der Waals surface area contributed by atoms with Gasteiger partial charge >= 0.3 is 6.61 Å². The zero-order valence-electron chi connectivity index (χ0n) is 11.9. The first-order valence-corrected chi connectivity index (χ1v) is 6.88. The SMILES string of the molecule is O=C(NCc1ccc(OC(F)F)cc1)c1n[nH]c2ccccc12. The molecule has 0 spiro atoms. The highest BCUT2D eigenvalue weighted by atomic mass is 19.3. The Balaban J connectivity index is 1.65. The Morgan fingerprint density at radius 3 is 2.65 bits per heavy atom. The van der Waals surface area contributed by atoms with Gasteiger partial charge in [-0.15, -0.1) is 0 Å². The van der Waals surface area contributed by atoms with Crippen molar-refractivity contribution in [2.24, 2.45) is 0 Å². The van der Waals surface area contributed by atoms with E-state index in [-0.39, 0.29) is 18.2 Å². The molecule has 2 aromatic carbocycles. The van der Waals surface area contributed by atoms with E-state index in [2.05, 4.69) is 20.3 Å². The molecule has 0 fully saturated rings. The number of H-pyrrole nitrogens is 1. The predicted molar refractivity (Wildman–Crippen MR) is 80.3 cm³/mol. The zero-order valence-corrected chi connectivity index (χ0v) is 11.9. The number of para-hydroxylation sites is 1. The third-order valence-electron chi connectivity index (χ3n) is 3.29. The van der Waals surface area contributed by atoms with Gasteiger partial charge in [0.05, 0.1) is 5.52 Å². The molecule has 5 nitrogen and oxygen atoms in total. The maximum atomic E-state index is 12.2. The number of nitrogens with one attached hydrogen (secondary N) is 2. The highest BCUT2D eigenvalue weighted by Gasteiger charge is 2.13. The zero-order chi connectivity index (χ0) is 16.2. The molecule has 3 aromatic rings. The quantitative estimate of drug-likeness (QED) is 0.760. The molecule has 0 bridgehead atoms. The maximum absolute atomic E-state index is 12.2. The van der Waals surface area contributed by atoms with Gasteiger partial charge in [-0.1, -0.05) is 30.3 Å². The molecule has 0 aliphatic rings. The monoisotopic (exact) mass is 317 g/mol. The summed E-state index contributed by atoms with van der Waals surface area (Å²) < 4.78 is 28.4. The third-order valence-corrected chi connectivity index (χ3v) is 3.29. The molecule has 7 heteroatoms. The van der Waals surface area contributed by atoms with E-state index in [0.717, 1.165) is 16.5 Å². The molecule has 1 amide bonds. The van der Waals surface area contributed by atoms with Crippen molar-refractivity contribution in [3.8, 4) is 5.75 Å². The van der Waals surface area contributed by atoms with Crippen LogP contribution in [0.1, 0.15) is 16.1 Å². The first-order valence-electron chi connectivity index (χ1n) is 6.88. The van der Waals surface area contributed by atoms with Crippen LogP contribution in [0.4, 0.5) is 8.78 Å². The fourth-order valence-corrected chi connectivity index (χ4v) is 2.19. The second kappa shape index (κ2) is 6.43. The smallest absolute Gasteiger partial charge is 0.387 e. The van der Waals surface area contributed by atoms with Crippen molar-refractivity contribution in [2.75, 3.05) is 0 Å². The number of carbonyl (C=O) groups is 1. The molecule has 3 rings (SSSR count). The van der Waals surface area contributed by atoms with Gasteiger partial charge in [-0.05, 0) is 23.8 Å². The van der Waals surface area contributed by atoms with E-state index in [1.807, 2.05) is 24.3 Å². The van der Waals surface area contributed by atoms with E-state index in [0.29, 0.717) is 5.69 Å².